The first kappa shape index (κ1) is 22.0. The molecule has 1 atom stereocenters. The Morgan fingerprint density at radius 2 is 1.41 bits per heavy atom. The standard InChI is InChI=1S/C25H36N2O2/c1-4-25(2,3)29-20-23(28)19-26-15-17-27(18-16-26)24(21-11-7-5-8-12-21)22-13-9-6-10-14-22/h5-14,23-24,28H,4,15-20H2,1-3H3/t23-/m1/s1. The zero-order valence-corrected chi connectivity index (χ0v) is 18.1. The summed E-state index contributed by atoms with van der Waals surface area (Å²) in [6.07, 6.45) is 0.505. The summed E-state index contributed by atoms with van der Waals surface area (Å²) in [5.74, 6) is 0. The molecule has 2 aromatic rings. The van der Waals surface area contributed by atoms with Crippen LogP contribution in [0.5, 0.6) is 0 Å². The SMILES string of the molecule is CCC(C)(C)OC[C@H](O)CN1CCN(C(c2ccccc2)c2ccccc2)CC1. The minimum Gasteiger partial charge on any atom is -0.389 e. The molecule has 1 heterocycles. The number of rotatable bonds is 9. The van der Waals surface area contributed by atoms with Gasteiger partial charge in [0.25, 0.3) is 0 Å². The molecule has 1 aliphatic heterocycles. The summed E-state index contributed by atoms with van der Waals surface area (Å²) < 4.78 is 5.87. The van der Waals surface area contributed by atoms with E-state index in [-0.39, 0.29) is 11.6 Å². The molecule has 4 heteroatoms. The average Bonchev–Trinajstić information content (AvgIpc) is 2.75. The van der Waals surface area contributed by atoms with Crippen molar-refractivity contribution < 1.29 is 9.84 Å². The first-order valence-electron chi connectivity index (χ1n) is 10.9. The van der Waals surface area contributed by atoms with Crippen LogP contribution in [0.1, 0.15) is 44.4 Å². The van der Waals surface area contributed by atoms with Crippen molar-refractivity contribution in [3.8, 4) is 0 Å². The Bertz CT molecular complexity index is 673. The van der Waals surface area contributed by atoms with Crippen LogP contribution >= 0.6 is 0 Å². The fourth-order valence-corrected chi connectivity index (χ4v) is 3.86. The molecule has 29 heavy (non-hydrogen) atoms. The normalized spacial score (nSPS) is 17.6. The van der Waals surface area contributed by atoms with Crippen molar-refractivity contribution in [2.45, 2.75) is 44.9 Å². The van der Waals surface area contributed by atoms with Crippen LogP contribution < -0.4 is 0 Å². The number of β-amino-alcohol motifs (C(OH)–C–C–N with tert-alkyl or cyclic N) is 1. The van der Waals surface area contributed by atoms with E-state index in [1.807, 2.05) is 0 Å². The van der Waals surface area contributed by atoms with Gasteiger partial charge in [0.15, 0.2) is 0 Å². The molecule has 0 saturated carbocycles. The number of benzene rings is 2. The summed E-state index contributed by atoms with van der Waals surface area (Å²) >= 11 is 0. The maximum Gasteiger partial charge on any atom is 0.0900 e. The second-order valence-corrected chi connectivity index (χ2v) is 8.64. The zero-order chi connectivity index (χ0) is 20.7. The lowest BCUT2D eigenvalue weighted by Crippen LogP contribution is -2.50. The molecule has 0 amide bonds. The van der Waals surface area contributed by atoms with Crippen LogP contribution in [0, 0.1) is 0 Å². The number of nitrogens with zero attached hydrogens (tertiary/aromatic N) is 2. The van der Waals surface area contributed by atoms with Gasteiger partial charge in [-0.3, -0.25) is 9.80 Å². The van der Waals surface area contributed by atoms with Crippen molar-refractivity contribution in [1.82, 2.24) is 9.80 Å². The van der Waals surface area contributed by atoms with Crippen molar-refractivity contribution in [2.75, 3.05) is 39.3 Å². The number of hydrogen-bond donors (Lipinski definition) is 1. The minimum atomic E-state index is -0.439. The Morgan fingerprint density at radius 1 is 0.897 bits per heavy atom. The van der Waals surface area contributed by atoms with Gasteiger partial charge in [-0.25, -0.2) is 0 Å². The molecular weight excluding hydrogens is 360 g/mol. The lowest BCUT2D eigenvalue weighted by atomic mass is 9.96. The van der Waals surface area contributed by atoms with Gasteiger partial charge in [0, 0.05) is 32.7 Å². The quantitative estimate of drug-likeness (QED) is 0.696. The monoisotopic (exact) mass is 396 g/mol. The Morgan fingerprint density at radius 3 is 1.90 bits per heavy atom. The molecule has 1 aliphatic rings. The van der Waals surface area contributed by atoms with Gasteiger partial charge in [-0.1, -0.05) is 67.6 Å². The van der Waals surface area contributed by atoms with Gasteiger partial charge in [-0.15, -0.1) is 0 Å². The molecular formula is C25H36N2O2. The van der Waals surface area contributed by atoms with Crippen molar-refractivity contribution in [3.05, 3.63) is 71.8 Å². The van der Waals surface area contributed by atoms with Crippen LogP contribution in [-0.4, -0.2) is 65.9 Å². The number of piperazine rings is 1. The van der Waals surface area contributed by atoms with E-state index in [9.17, 15) is 5.11 Å². The van der Waals surface area contributed by atoms with E-state index >= 15 is 0 Å². The molecule has 4 nitrogen and oxygen atoms in total. The third-order valence-electron chi connectivity index (χ3n) is 5.99. The number of hydrogen-bond acceptors (Lipinski definition) is 4. The zero-order valence-electron chi connectivity index (χ0n) is 18.1. The maximum atomic E-state index is 10.4. The molecule has 1 saturated heterocycles. The molecule has 2 aromatic carbocycles. The summed E-state index contributed by atoms with van der Waals surface area (Å²) in [5.41, 5.74) is 2.50. The van der Waals surface area contributed by atoms with Crippen LogP contribution in [0.2, 0.25) is 0 Å². The van der Waals surface area contributed by atoms with Gasteiger partial charge in [0.1, 0.15) is 0 Å². The summed E-state index contributed by atoms with van der Waals surface area (Å²) in [7, 11) is 0. The topological polar surface area (TPSA) is 35.9 Å². The summed E-state index contributed by atoms with van der Waals surface area (Å²) in [5, 5.41) is 10.4. The van der Waals surface area contributed by atoms with E-state index in [0.29, 0.717) is 13.2 Å². The van der Waals surface area contributed by atoms with Crippen LogP contribution in [0.4, 0.5) is 0 Å². The Balaban J connectivity index is 1.58. The van der Waals surface area contributed by atoms with Crippen molar-refractivity contribution in [3.63, 3.8) is 0 Å². The molecule has 158 valence electrons. The highest BCUT2D eigenvalue weighted by Crippen LogP contribution is 2.29. The van der Waals surface area contributed by atoms with Gasteiger partial charge >= 0.3 is 0 Å². The highest BCUT2D eigenvalue weighted by Gasteiger charge is 2.27. The molecule has 0 bridgehead atoms. The molecule has 0 aromatic heterocycles. The molecule has 0 spiro atoms. The van der Waals surface area contributed by atoms with E-state index in [1.165, 1.54) is 11.1 Å². The van der Waals surface area contributed by atoms with E-state index in [1.54, 1.807) is 0 Å². The molecule has 0 unspecified atom stereocenters. The van der Waals surface area contributed by atoms with Crippen LogP contribution in [0.15, 0.2) is 60.7 Å². The third-order valence-corrected chi connectivity index (χ3v) is 5.99. The highest BCUT2D eigenvalue weighted by atomic mass is 16.5. The lowest BCUT2D eigenvalue weighted by molar-refractivity contribution is -0.0696. The van der Waals surface area contributed by atoms with E-state index in [2.05, 4.69) is 91.2 Å². The van der Waals surface area contributed by atoms with Crippen LogP contribution in [0.25, 0.3) is 0 Å². The van der Waals surface area contributed by atoms with Crippen molar-refractivity contribution in [2.24, 2.45) is 0 Å². The van der Waals surface area contributed by atoms with Crippen molar-refractivity contribution in [1.29, 1.82) is 0 Å². The third kappa shape index (κ3) is 6.38. The Labute approximate surface area is 176 Å². The van der Waals surface area contributed by atoms with Crippen LogP contribution in [-0.2, 0) is 4.74 Å². The first-order valence-corrected chi connectivity index (χ1v) is 10.9. The lowest BCUT2D eigenvalue weighted by Gasteiger charge is -2.40. The van der Waals surface area contributed by atoms with Crippen LogP contribution in [0.3, 0.4) is 0 Å². The van der Waals surface area contributed by atoms with Gasteiger partial charge < -0.3 is 9.84 Å². The Kier molecular flexibility index (Phi) is 7.84. The molecule has 1 N–H and O–H groups in total. The highest BCUT2D eigenvalue weighted by molar-refractivity contribution is 5.31. The smallest absolute Gasteiger partial charge is 0.0900 e. The summed E-state index contributed by atoms with van der Waals surface area (Å²) in [6.45, 7) is 11.2. The fourth-order valence-electron chi connectivity index (χ4n) is 3.86. The predicted octanol–water partition coefficient (Wildman–Crippen LogP) is 3.96. The largest absolute Gasteiger partial charge is 0.389 e. The number of aliphatic hydroxyl groups excluding tert-OH is 1. The first-order chi connectivity index (χ1) is 14.0. The molecule has 1 fully saturated rings. The minimum absolute atomic E-state index is 0.168. The van der Waals surface area contributed by atoms with Gasteiger partial charge in [0.2, 0.25) is 0 Å². The molecule has 0 radical (unpaired) electrons. The van der Waals surface area contributed by atoms with E-state index in [0.717, 1.165) is 32.6 Å². The maximum absolute atomic E-state index is 10.4. The van der Waals surface area contributed by atoms with Gasteiger partial charge in [-0.2, -0.15) is 0 Å². The van der Waals surface area contributed by atoms with Gasteiger partial charge in [0.05, 0.1) is 24.4 Å². The number of ether oxygens (including phenoxy) is 1. The molecule has 3 rings (SSSR count). The second kappa shape index (κ2) is 10.4. The number of aliphatic hydroxyl groups is 1. The van der Waals surface area contributed by atoms with Crippen molar-refractivity contribution >= 4 is 0 Å². The summed E-state index contributed by atoms with van der Waals surface area (Å²) in [6, 6.07) is 21.8. The second-order valence-electron chi connectivity index (χ2n) is 8.64. The summed E-state index contributed by atoms with van der Waals surface area (Å²) in [4.78, 5) is 4.92. The molecule has 0 aliphatic carbocycles. The average molecular weight is 397 g/mol. The van der Waals surface area contributed by atoms with Gasteiger partial charge in [-0.05, 0) is 31.4 Å². The predicted molar refractivity (Wildman–Crippen MR) is 119 cm³/mol. The van der Waals surface area contributed by atoms with E-state index < -0.39 is 6.10 Å². The Hall–Kier alpha value is -1.72. The van der Waals surface area contributed by atoms with E-state index in [4.69, 9.17) is 4.74 Å². The fraction of sp³-hybridized carbons (Fsp3) is 0.520.